The zero-order valence-corrected chi connectivity index (χ0v) is 13.8. The number of piperazine rings is 1. The first-order valence-corrected chi connectivity index (χ1v) is 8.13. The van der Waals surface area contributed by atoms with Gasteiger partial charge in [0.1, 0.15) is 0 Å². The molecule has 1 aliphatic rings. The first-order chi connectivity index (χ1) is 10.6. The molecule has 0 aliphatic carbocycles. The number of nitrogens with one attached hydrogen (secondary N) is 1. The summed E-state index contributed by atoms with van der Waals surface area (Å²) in [6, 6.07) is 0.127. The molecule has 124 valence electrons. The summed E-state index contributed by atoms with van der Waals surface area (Å²) in [4.78, 5) is 20.6. The Balaban J connectivity index is 1.72. The van der Waals surface area contributed by atoms with Gasteiger partial charge in [-0.3, -0.25) is 14.6 Å². The number of unbranched alkanes of at least 4 members (excludes halogenated alkanes) is 1. The van der Waals surface area contributed by atoms with Crippen LogP contribution in [0.2, 0.25) is 0 Å². The third-order valence-electron chi connectivity index (χ3n) is 4.07. The second-order valence-electron chi connectivity index (χ2n) is 5.87. The summed E-state index contributed by atoms with van der Waals surface area (Å²) in [7, 11) is 0. The van der Waals surface area contributed by atoms with Crippen LogP contribution in [-0.4, -0.2) is 65.1 Å². The topological polar surface area (TPSA) is 74.5 Å². The summed E-state index contributed by atoms with van der Waals surface area (Å²) < 4.78 is 5.25. The molecule has 1 amide bonds. The van der Waals surface area contributed by atoms with Crippen molar-refractivity contribution in [1.29, 1.82) is 0 Å². The molecule has 2 rings (SSSR count). The number of aromatic nitrogens is 2. The van der Waals surface area contributed by atoms with Crippen LogP contribution in [0.1, 0.15) is 44.4 Å². The van der Waals surface area contributed by atoms with Crippen molar-refractivity contribution in [2.24, 2.45) is 0 Å². The zero-order chi connectivity index (χ0) is 15.9. The predicted molar refractivity (Wildman–Crippen MR) is 83.4 cm³/mol. The van der Waals surface area contributed by atoms with Crippen LogP contribution in [0.25, 0.3) is 0 Å². The highest BCUT2D eigenvalue weighted by Gasteiger charge is 2.26. The van der Waals surface area contributed by atoms with Crippen molar-refractivity contribution in [3.05, 3.63) is 11.7 Å². The zero-order valence-electron chi connectivity index (χ0n) is 13.8. The third kappa shape index (κ3) is 4.78. The molecule has 7 heteroatoms. The summed E-state index contributed by atoms with van der Waals surface area (Å²) in [5, 5.41) is 6.81. The molecule has 0 aromatic carbocycles. The molecule has 0 spiro atoms. The van der Waals surface area contributed by atoms with Crippen LogP contribution in [0.5, 0.6) is 0 Å². The van der Waals surface area contributed by atoms with E-state index in [2.05, 4.69) is 39.1 Å². The summed E-state index contributed by atoms with van der Waals surface area (Å²) in [6.07, 6.45) is 2.15. The maximum absolute atomic E-state index is 11.8. The number of nitrogens with zero attached hydrogens (tertiary/aromatic N) is 4. The SMILES string of the molecule is CCCCNC(=O)CN1CCN([C@@H](C)c2nc(C)no2)CC1. The fraction of sp³-hybridized carbons (Fsp3) is 0.800. The van der Waals surface area contributed by atoms with Gasteiger partial charge in [-0.25, -0.2) is 0 Å². The molecule has 0 saturated carbocycles. The normalized spacial score (nSPS) is 18.3. The van der Waals surface area contributed by atoms with Crippen LogP contribution in [0.15, 0.2) is 4.52 Å². The monoisotopic (exact) mass is 309 g/mol. The molecule has 1 atom stereocenters. The van der Waals surface area contributed by atoms with E-state index in [9.17, 15) is 4.79 Å². The summed E-state index contributed by atoms with van der Waals surface area (Å²) in [5.41, 5.74) is 0. The van der Waals surface area contributed by atoms with Crippen LogP contribution < -0.4 is 5.32 Å². The fourth-order valence-electron chi connectivity index (χ4n) is 2.61. The van der Waals surface area contributed by atoms with Crippen molar-refractivity contribution in [3.8, 4) is 0 Å². The second kappa shape index (κ2) is 8.24. The lowest BCUT2D eigenvalue weighted by Crippen LogP contribution is -2.50. The highest BCUT2D eigenvalue weighted by atomic mass is 16.5. The van der Waals surface area contributed by atoms with Crippen LogP contribution in [0.3, 0.4) is 0 Å². The van der Waals surface area contributed by atoms with Crippen LogP contribution in [0.4, 0.5) is 0 Å². The molecule has 0 unspecified atom stereocenters. The maximum atomic E-state index is 11.8. The molecule has 1 aromatic rings. The molecule has 1 aromatic heterocycles. The van der Waals surface area contributed by atoms with E-state index in [4.69, 9.17) is 4.52 Å². The Kier molecular flexibility index (Phi) is 6.33. The summed E-state index contributed by atoms with van der Waals surface area (Å²) >= 11 is 0. The largest absolute Gasteiger partial charge is 0.355 e. The van der Waals surface area contributed by atoms with Gasteiger partial charge in [0.25, 0.3) is 0 Å². The Morgan fingerprint density at radius 2 is 2.09 bits per heavy atom. The van der Waals surface area contributed by atoms with Gasteiger partial charge in [-0.1, -0.05) is 18.5 Å². The molecule has 22 heavy (non-hydrogen) atoms. The van der Waals surface area contributed by atoms with Gasteiger partial charge in [-0.2, -0.15) is 4.98 Å². The molecular formula is C15H27N5O2. The van der Waals surface area contributed by atoms with Crippen molar-refractivity contribution in [2.75, 3.05) is 39.3 Å². The van der Waals surface area contributed by atoms with E-state index in [-0.39, 0.29) is 11.9 Å². The average Bonchev–Trinajstić information content (AvgIpc) is 2.94. The highest BCUT2D eigenvalue weighted by molar-refractivity contribution is 5.77. The smallest absolute Gasteiger partial charge is 0.243 e. The molecule has 1 aliphatic heterocycles. The van der Waals surface area contributed by atoms with E-state index in [0.717, 1.165) is 45.6 Å². The lowest BCUT2D eigenvalue weighted by molar-refractivity contribution is -0.122. The number of hydrogen-bond acceptors (Lipinski definition) is 6. The van der Waals surface area contributed by atoms with Crippen molar-refractivity contribution < 1.29 is 9.32 Å². The van der Waals surface area contributed by atoms with Gasteiger partial charge in [0, 0.05) is 32.7 Å². The van der Waals surface area contributed by atoms with E-state index in [1.54, 1.807) is 0 Å². The molecule has 0 radical (unpaired) electrons. The molecule has 7 nitrogen and oxygen atoms in total. The number of hydrogen-bond donors (Lipinski definition) is 1. The standard InChI is InChI=1S/C15H27N5O2/c1-4-5-6-16-14(21)11-19-7-9-20(10-8-19)12(2)15-17-13(3)18-22-15/h12H,4-11H2,1-3H3,(H,16,21)/t12-/m0/s1. The third-order valence-corrected chi connectivity index (χ3v) is 4.07. The van der Waals surface area contributed by atoms with Gasteiger partial charge >= 0.3 is 0 Å². The van der Waals surface area contributed by atoms with Crippen LogP contribution in [-0.2, 0) is 4.79 Å². The predicted octanol–water partition coefficient (Wildman–Crippen LogP) is 0.973. The quantitative estimate of drug-likeness (QED) is 0.757. The molecule has 1 saturated heterocycles. The summed E-state index contributed by atoms with van der Waals surface area (Å²) in [5.74, 6) is 1.47. The van der Waals surface area contributed by atoms with Gasteiger partial charge in [0.15, 0.2) is 5.82 Å². The Hall–Kier alpha value is -1.47. The maximum Gasteiger partial charge on any atom is 0.243 e. The van der Waals surface area contributed by atoms with E-state index >= 15 is 0 Å². The number of amides is 1. The van der Waals surface area contributed by atoms with Crippen LogP contribution in [0, 0.1) is 6.92 Å². The highest BCUT2D eigenvalue weighted by Crippen LogP contribution is 2.19. The van der Waals surface area contributed by atoms with Crippen molar-refractivity contribution in [3.63, 3.8) is 0 Å². The van der Waals surface area contributed by atoms with Gasteiger partial charge in [0.05, 0.1) is 12.6 Å². The number of aryl methyl sites for hydroxylation is 1. The first-order valence-electron chi connectivity index (χ1n) is 8.13. The minimum Gasteiger partial charge on any atom is -0.355 e. The Morgan fingerprint density at radius 1 is 1.36 bits per heavy atom. The van der Waals surface area contributed by atoms with Gasteiger partial charge in [0.2, 0.25) is 11.8 Å². The Labute approximate surface area is 132 Å². The number of carbonyl (C=O) groups excluding carboxylic acids is 1. The molecular weight excluding hydrogens is 282 g/mol. The van der Waals surface area contributed by atoms with Crippen LogP contribution >= 0.6 is 0 Å². The second-order valence-corrected chi connectivity index (χ2v) is 5.87. The summed E-state index contributed by atoms with van der Waals surface area (Å²) in [6.45, 7) is 10.9. The van der Waals surface area contributed by atoms with Crippen molar-refractivity contribution in [2.45, 2.75) is 39.7 Å². The minimum absolute atomic E-state index is 0.127. The molecule has 1 fully saturated rings. The van der Waals surface area contributed by atoms with Crippen molar-refractivity contribution >= 4 is 5.91 Å². The lowest BCUT2D eigenvalue weighted by Gasteiger charge is -2.36. The average molecular weight is 309 g/mol. The fourth-order valence-corrected chi connectivity index (χ4v) is 2.61. The van der Waals surface area contributed by atoms with Gasteiger partial charge in [-0.05, 0) is 20.3 Å². The molecule has 2 heterocycles. The van der Waals surface area contributed by atoms with E-state index < -0.39 is 0 Å². The minimum atomic E-state index is 0.127. The molecule has 1 N–H and O–H groups in total. The Morgan fingerprint density at radius 3 is 2.68 bits per heavy atom. The Bertz CT molecular complexity index is 468. The first kappa shape index (κ1) is 16.9. The lowest BCUT2D eigenvalue weighted by atomic mass is 10.2. The van der Waals surface area contributed by atoms with Gasteiger partial charge < -0.3 is 9.84 Å². The van der Waals surface area contributed by atoms with E-state index in [0.29, 0.717) is 18.3 Å². The number of rotatable bonds is 7. The van der Waals surface area contributed by atoms with E-state index in [1.807, 2.05) is 6.92 Å². The van der Waals surface area contributed by atoms with Gasteiger partial charge in [-0.15, -0.1) is 0 Å². The van der Waals surface area contributed by atoms with Crippen molar-refractivity contribution in [1.82, 2.24) is 25.3 Å². The number of carbonyl (C=O) groups is 1. The molecule has 0 bridgehead atoms. The van der Waals surface area contributed by atoms with E-state index in [1.165, 1.54) is 0 Å².